The molecule has 0 spiro atoms. The van der Waals surface area contributed by atoms with Crippen LogP contribution in [0.5, 0.6) is 0 Å². The van der Waals surface area contributed by atoms with E-state index in [2.05, 4.69) is 56.8 Å². The van der Waals surface area contributed by atoms with Gasteiger partial charge in [0.1, 0.15) is 0 Å². The summed E-state index contributed by atoms with van der Waals surface area (Å²) in [4.78, 5) is 2.23. The molecule has 0 amide bonds. The molecule has 2 heterocycles. The van der Waals surface area contributed by atoms with E-state index in [9.17, 15) is 0 Å². The SMILES string of the molecule is N[C@@H]1CCCN(c2nnnn2-c2ccc(-c3ccccc3)cc2)CC1. The summed E-state index contributed by atoms with van der Waals surface area (Å²) in [6.45, 7) is 1.83. The molecule has 1 aliphatic heterocycles. The standard InChI is InChI=1S/C19H22N6/c20-17-7-4-13-24(14-12-17)19-21-22-23-25(19)18-10-8-16(9-11-18)15-5-2-1-3-6-15/h1-3,5-6,8-11,17H,4,7,12-14,20H2/t17-/m1/s1. The van der Waals surface area contributed by atoms with Crippen molar-refractivity contribution in [2.45, 2.75) is 25.3 Å². The van der Waals surface area contributed by atoms with Crippen LogP contribution in [-0.4, -0.2) is 39.3 Å². The number of nitrogens with zero attached hydrogens (tertiary/aromatic N) is 5. The highest BCUT2D eigenvalue weighted by Crippen LogP contribution is 2.23. The molecule has 0 unspecified atom stereocenters. The molecule has 1 fully saturated rings. The van der Waals surface area contributed by atoms with Crippen LogP contribution in [0.1, 0.15) is 19.3 Å². The summed E-state index contributed by atoms with van der Waals surface area (Å²) >= 11 is 0. The van der Waals surface area contributed by atoms with Crippen LogP contribution < -0.4 is 10.6 Å². The quantitative estimate of drug-likeness (QED) is 0.797. The van der Waals surface area contributed by atoms with Gasteiger partial charge in [0, 0.05) is 19.1 Å². The van der Waals surface area contributed by atoms with Crippen molar-refractivity contribution in [2.24, 2.45) is 5.73 Å². The molecular weight excluding hydrogens is 312 g/mol. The predicted octanol–water partition coefficient (Wildman–Crippen LogP) is 2.65. The Balaban J connectivity index is 1.60. The molecule has 1 atom stereocenters. The average molecular weight is 334 g/mol. The summed E-state index contributed by atoms with van der Waals surface area (Å²) in [6, 6.07) is 19.0. The first-order valence-electron chi connectivity index (χ1n) is 8.76. The minimum absolute atomic E-state index is 0.277. The largest absolute Gasteiger partial charge is 0.339 e. The number of aromatic nitrogens is 4. The zero-order valence-electron chi connectivity index (χ0n) is 14.1. The lowest BCUT2D eigenvalue weighted by Gasteiger charge is -2.20. The molecule has 6 heteroatoms. The molecule has 4 rings (SSSR count). The van der Waals surface area contributed by atoms with Crippen molar-refractivity contribution >= 4 is 5.95 Å². The van der Waals surface area contributed by atoms with Gasteiger partial charge in [0.05, 0.1) is 5.69 Å². The van der Waals surface area contributed by atoms with Crippen LogP contribution in [0.3, 0.4) is 0 Å². The van der Waals surface area contributed by atoms with Crippen LogP contribution >= 0.6 is 0 Å². The first-order valence-corrected chi connectivity index (χ1v) is 8.76. The smallest absolute Gasteiger partial charge is 0.250 e. The lowest BCUT2D eigenvalue weighted by molar-refractivity contribution is 0.601. The van der Waals surface area contributed by atoms with Gasteiger partial charge >= 0.3 is 0 Å². The van der Waals surface area contributed by atoms with E-state index in [4.69, 9.17) is 5.73 Å². The van der Waals surface area contributed by atoms with Gasteiger partial charge in [-0.2, -0.15) is 4.68 Å². The minimum atomic E-state index is 0.277. The highest BCUT2D eigenvalue weighted by atomic mass is 15.6. The van der Waals surface area contributed by atoms with Crippen LogP contribution in [0.2, 0.25) is 0 Å². The zero-order valence-corrected chi connectivity index (χ0v) is 14.1. The molecule has 128 valence electrons. The van der Waals surface area contributed by atoms with Gasteiger partial charge in [-0.05, 0) is 52.9 Å². The highest BCUT2D eigenvalue weighted by molar-refractivity contribution is 5.64. The molecule has 25 heavy (non-hydrogen) atoms. The van der Waals surface area contributed by atoms with Crippen molar-refractivity contribution in [1.29, 1.82) is 0 Å². The number of hydrogen-bond donors (Lipinski definition) is 1. The number of nitrogens with two attached hydrogens (primary N) is 1. The van der Waals surface area contributed by atoms with Gasteiger partial charge in [-0.3, -0.25) is 0 Å². The summed E-state index contributed by atoms with van der Waals surface area (Å²) < 4.78 is 1.81. The molecule has 2 N–H and O–H groups in total. The number of benzene rings is 2. The minimum Gasteiger partial charge on any atom is -0.339 e. The number of rotatable bonds is 3. The molecule has 0 aliphatic carbocycles. The summed E-state index contributed by atoms with van der Waals surface area (Å²) in [5.41, 5.74) is 9.43. The van der Waals surface area contributed by atoms with Gasteiger partial charge in [0.25, 0.3) is 0 Å². The predicted molar refractivity (Wildman–Crippen MR) is 98.6 cm³/mol. The lowest BCUT2D eigenvalue weighted by Crippen LogP contribution is -2.28. The van der Waals surface area contributed by atoms with Crippen LogP contribution in [0, 0.1) is 0 Å². The summed E-state index contributed by atoms with van der Waals surface area (Å²) in [5.74, 6) is 0.793. The van der Waals surface area contributed by atoms with E-state index in [1.54, 1.807) is 0 Å². The van der Waals surface area contributed by atoms with Gasteiger partial charge in [0.15, 0.2) is 0 Å². The molecule has 1 aliphatic rings. The van der Waals surface area contributed by atoms with Gasteiger partial charge in [-0.15, -0.1) is 0 Å². The monoisotopic (exact) mass is 334 g/mol. The molecule has 2 aromatic carbocycles. The van der Waals surface area contributed by atoms with Gasteiger partial charge in [-0.25, -0.2) is 0 Å². The third-order valence-electron chi connectivity index (χ3n) is 4.73. The second kappa shape index (κ2) is 7.03. The Morgan fingerprint density at radius 2 is 1.64 bits per heavy atom. The maximum Gasteiger partial charge on any atom is 0.250 e. The second-order valence-corrected chi connectivity index (χ2v) is 6.48. The van der Waals surface area contributed by atoms with E-state index < -0.39 is 0 Å². The van der Waals surface area contributed by atoms with Crippen molar-refractivity contribution in [3.05, 3.63) is 54.6 Å². The van der Waals surface area contributed by atoms with Crippen LogP contribution in [-0.2, 0) is 0 Å². The third-order valence-corrected chi connectivity index (χ3v) is 4.73. The summed E-state index contributed by atoms with van der Waals surface area (Å²) in [5, 5.41) is 12.3. The Labute approximate surface area is 147 Å². The fraction of sp³-hybridized carbons (Fsp3) is 0.316. The highest BCUT2D eigenvalue weighted by Gasteiger charge is 2.20. The third kappa shape index (κ3) is 3.39. The van der Waals surface area contributed by atoms with Crippen LogP contribution in [0.25, 0.3) is 16.8 Å². The van der Waals surface area contributed by atoms with Crippen molar-refractivity contribution in [2.75, 3.05) is 18.0 Å². The first-order chi connectivity index (χ1) is 12.3. The number of anilines is 1. The maximum atomic E-state index is 6.09. The number of tetrazole rings is 1. The first kappa shape index (κ1) is 15.8. The average Bonchev–Trinajstić information content (AvgIpc) is 3.05. The maximum absolute atomic E-state index is 6.09. The Kier molecular flexibility index (Phi) is 4.43. The summed E-state index contributed by atoms with van der Waals surface area (Å²) in [7, 11) is 0. The van der Waals surface area contributed by atoms with Gasteiger partial charge in [0.2, 0.25) is 5.95 Å². The molecule has 0 radical (unpaired) electrons. The van der Waals surface area contributed by atoms with Crippen molar-refractivity contribution in [1.82, 2.24) is 20.2 Å². The number of hydrogen-bond acceptors (Lipinski definition) is 5. The fourth-order valence-corrected chi connectivity index (χ4v) is 3.29. The zero-order chi connectivity index (χ0) is 17.1. The van der Waals surface area contributed by atoms with E-state index in [0.717, 1.165) is 44.0 Å². The van der Waals surface area contributed by atoms with Crippen molar-refractivity contribution in [3.63, 3.8) is 0 Å². The van der Waals surface area contributed by atoms with Gasteiger partial charge in [-0.1, -0.05) is 47.6 Å². The van der Waals surface area contributed by atoms with E-state index in [1.807, 2.05) is 22.9 Å². The molecule has 1 saturated heterocycles. The van der Waals surface area contributed by atoms with Crippen molar-refractivity contribution in [3.8, 4) is 16.8 Å². The van der Waals surface area contributed by atoms with E-state index in [0.29, 0.717) is 0 Å². The van der Waals surface area contributed by atoms with E-state index in [1.165, 1.54) is 11.1 Å². The van der Waals surface area contributed by atoms with Crippen LogP contribution in [0.15, 0.2) is 54.6 Å². The fourth-order valence-electron chi connectivity index (χ4n) is 3.29. The molecular formula is C19H22N6. The molecule has 0 saturated carbocycles. The van der Waals surface area contributed by atoms with Gasteiger partial charge < -0.3 is 10.6 Å². The molecule has 0 bridgehead atoms. The Morgan fingerprint density at radius 3 is 2.44 bits per heavy atom. The topological polar surface area (TPSA) is 72.9 Å². The molecule has 6 nitrogen and oxygen atoms in total. The molecule has 3 aromatic rings. The van der Waals surface area contributed by atoms with Crippen molar-refractivity contribution < 1.29 is 0 Å². The summed E-state index contributed by atoms with van der Waals surface area (Å²) in [6.07, 6.45) is 3.10. The normalized spacial score (nSPS) is 18.1. The lowest BCUT2D eigenvalue weighted by atomic mass is 10.1. The molecule has 1 aromatic heterocycles. The van der Waals surface area contributed by atoms with E-state index in [-0.39, 0.29) is 6.04 Å². The Morgan fingerprint density at radius 1 is 0.880 bits per heavy atom. The Hall–Kier alpha value is -2.73. The second-order valence-electron chi connectivity index (χ2n) is 6.48. The van der Waals surface area contributed by atoms with Crippen LogP contribution in [0.4, 0.5) is 5.95 Å². The Bertz CT molecular complexity index is 811. The van der Waals surface area contributed by atoms with E-state index >= 15 is 0 Å².